The maximum absolute atomic E-state index is 12.7. The maximum atomic E-state index is 12.7. The standard InChI is InChI=1S/C16H16ClNO4/c1-21-16(20)12-4-2-3-7-18(12)15(19)14-9-10-8-11(17)5-6-13(10)22-14/h5-6,8-9,12H,2-4,7H2,1H3. The summed E-state index contributed by atoms with van der Waals surface area (Å²) in [7, 11) is 1.34. The van der Waals surface area contributed by atoms with Gasteiger partial charge in [-0.05, 0) is 43.5 Å². The van der Waals surface area contributed by atoms with E-state index in [9.17, 15) is 9.59 Å². The molecule has 1 aromatic carbocycles. The Kier molecular flexibility index (Phi) is 4.07. The number of fused-ring (bicyclic) bond motifs is 1. The number of methoxy groups -OCH3 is 1. The maximum Gasteiger partial charge on any atom is 0.328 e. The fourth-order valence-electron chi connectivity index (χ4n) is 2.82. The number of benzene rings is 1. The van der Waals surface area contributed by atoms with E-state index in [0.29, 0.717) is 23.6 Å². The molecule has 1 saturated heterocycles. The number of nitrogens with zero attached hydrogens (tertiary/aromatic N) is 1. The van der Waals surface area contributed by atoms with E-state index in [1.807, 2.05) is 0 Å². The summed E-state index contributed by atoms with van der Waals surface area (Å²) in [6, 6.07) is 6.29. The number of likely N-dealkylation sites (tertiary alicyclic amines) is 1. The Morgan fingerprint density at radius 3 is 2.91 bits per heavy atom. The van der Waals surface area contributed by atoms with Gasteiger partial charge >= 0.3 is 5.97 Å². The van der Waals surface area contributed by atoms with Crippen LogP contribution in [0.3, 0.4) is 0 Å². The number of amides is 1. The van der Waals surface area contributed by atoms with Crippen LogP contribution in [0.15, 0.2) is 28.7 Å². The molecule has 2 heterocycles. The molecule has 1 unspecified atom stereocenters. The number of piperidine rings is 1. The van der Waals surface area contributed by atoms with Crippen molar-refractivity contribution in [1.29, 1.82) is 0 Å². The van der Waals surface area contributed by atoms with Crippen LogP contribution in [-0.2, 0) is 9.53 Å². The van der Waals surface area contributed by atoms with Gasteiger partial charge in [0.05, 0.1) is 7.11 Å². The van der Waals surface area contributed by atoms with Gasteiger partial charge in [-0.3, -0.25) is 4.79 Å². The van der Waals surface area contributed by atoms with Gasteiger partial charge in [0.1, 0.15) is 11.6 Å². The SMILES string of the molecule is COC(=O)C1CCCCN1C(=O)c1cc2cc(Cl)ccc2o1. The zero-order chi connectivity index (χ0) is 15.7. The fourth-order valence-corrected chi connectivity index (χ4v) is 3.00. The second-order valence-electron chi connectivity index (χ2n) is 5.33. The largest absolute Gasteiger partial charge is 0.467 e. The first-order valence-corrected chi connectivity index (χ1v) is 7.56. The van der Waals surface area contributed by atoms with Crippen LogP contribution in [0, 0.1) is 0 Å². The molecule has 1 amide bonds. The second kappa shape index (κ2) is 6.01. The van der Waals surface area contributed by atoms with E-state index < -0.39 is 6.04 Å². The quantitative estimate of drug-likeness (QED) is 0.797. The van der Waals surface area contributed by atoms with E-state index in [1.165, 1.54) is 12.0 Å². The highest BCUT2D eigenvalue weighted by Gasteiger charge is 2.34. The molecule has 1 aromatic heterocycles. The monoisotopic (exact) mass is 321 g/mol. The van der Waals surface area contributed by atoms with Crippen LogP contribution >= 0.6 is 11.6 Å². The van der Waals surface area contributed by atoms with Gasteiger partial charge in [-0.1, -0.05) is 11.6 Å². The van der Waals surface area contributed by atoms with E-state index in [0.717, 1.165) is 18.2 Å². The van der Waals surface area contributed by atoms with E-state index in [-0.39, 0.29) is 17.6 Å². The lowest BCUT2D eigenvalue weighted by atomic mass is 10.0. The number of furan rings is 1. The van der Waals surface area contributed by atoms with Crippen LogP contribution in [0.1, 0.15) is 29.8 Å². The molecule has 116 valence electrons. The van der Waals surface area contributed by atoms with Crippen LogP contribution in [0.4, 0.5) is 0 Å². The molecule has 0 N–H and O–H groups in total. The number of carbonyl (C=O) groups excluding carboxylic acids is 2. The van der Waals surface area contributed by atoms with Gasteiger partial charge in [-0.25, -0.2) is 4.79 Å². The molecule has 0 aliphatic carbocycles. The van der Waals surface area contributed by atoms with Gasteiger partial charge in [-0.15, -0.1) is 0 Å². The molecule has 1 aliphatic heterocycles. The Bertz CT molecular complexity index is 724. The van der Waals surface area contributed by atoms with Gasteiger partial charge in [-0.2, -0.15) is 0 Å². The summed E-state index contributed by atoms with van der Waals surface area (Å²) in [4.78, 5) is 26.1. The van der Waals surface area contributed by atoms with Crippen LogP contribution in [0.5, 0.6) is 0 Å². The third kappa shape index (κ3) is 2.68. The average Bonchev–Trinajstić information content (AvgIpc) is 2.96. The minimum absolute atomic E-state index is 0.216. The lowest BCUT2D eigenvalue weighted by Gasteiger charge is -2.33. The molecular formula is C16H16ClNO4. The highest BCUT2D eigenvalue weighted by molar-refractivity contribution is 6.31. The summed E-state index contributed by atoms with van der Waals surface area (Å²) in [6.45, 7) is 0.524. The Hall–Kier alpha value is -2.01. The Morgan fingerprint density at radius 2 is 2.14 bits per heavy atom. The molecule has 2 aromatic rings. The lowest BCUT2D eigenvalue weighted by molar-refractivity contribution is -0.147. The summed E-state index contributed by atoms with van der Waals surface area (Å²) in [5, 5.41) is 1.35. The molecule has 0 saturated carbocycles. The number of hydrogen-bond acceptors (Lipinski definition) is 4. The summed E-state index contributed by atoms with van der Waals surface area (Å²) in [6.07, 6.45) is 2.38. The molecule has 0 bridgehead atoms. The number of halogens is 1. The molecular weight excluding hydrogens is 306 g/mol. The Balaban J connectivity index is 1.91. The highest BCUT2D eigenvalue weighted by atomic mass is 35.5. The van der Waals surface area contributed by atoms with Crippen molar-refractivity contribution in [2.24, 2.45) is 0 Å². The minimum atomic E-state index is -0.539. The van der Waals surface area contributed by atoms with E-state index in [4.69, 9.17) is 20.8 Å². The lowest BCUT2D eigenvalue weighted by Crippen LogP contribution is -2.48. The van der Waals surface area contributed by atoms with Gasteiger partial charge in [0, 0.05) is 17.0 Å². The van der Waals surface area contributed by atoms with Crippen molar-refractivity contribution in [2.45, 2.75) is 25.3 Å². The molecule has 6 heteroatoms. The van der Waals surface area contributed by atoms with Gasteiger partial charge in [0.2, 0.25) is 0 Å². The zero-order valence-electron chi connectivity index (χ0n) is 12.2. The fraction of sp³-hybridized carbons (Fsp3) is 0.375. The van der Waals surface area contributed by atoms with Crippen LogP contribution < -0.4 is 0 Å². The molecule has 5 nitrogen and oxygen atoms in total. The molecule has 22 heavy (non-hydrogen) atoms. The zero-order valence-corrected chi connectivity index (χ0v) is 12.9. The smallest absolute Gasteiger partial charge is 0.328 e. The summed E-state index contributed by atoms with van der Waals surface area (Å²) < 4.78 is 10.4. The molecule has 1 fully saturated rings. The Labute approximate surface area is 132 Å². The van der Waals surface area contributed by atoms with Crippen LogP contribution in [0.25, 0.3) is 11.0 Å². The molecule has 1 aliphatic rings. The predicted molar refractivity (Wildman–Crippen MR) is 81.9 cm³/mol. The summed E-state index contributed by atoms with van der Waals surface area (Å²) >= 11 is 5.94. The highest BCUT2D eigenvalue weighted by Crippen LogP contribution is 2.26. The van der Waals surface area contributed by atoms with E-state index >= 15 is 0 Å². The number of carbonyl (C=O) groups is 2. The normalized spacial score (nSPS) is 18.5. The van der Waals surface area contributed by atoms with Crippen molar-refractivity contribution in [2.75, 3.05) is 13.7 Å². The molecule has 1 atom stereocenters. The van der Waals surface area contributed by atoms with E-state index in [1.54, 1.807) is 24.3 Å². The van der Waals surface area contributed by atoms with Crippen LogP contribution in [-0.4, -0.2) is 36.5 Å². The Morgan fingerprint density at radius 1 is 1.32 bits per heavy atom. The van der Waals surface area contributed by atoms with Crippen molar-refractivity contribution in [3.63, 3.8) is 0 Å². The molecule has 3 rings (SSSR count). The third-order valence-electron chi connectivity index (χ3n) is 3.93. The first-order valence-electron chi connectivity index (χ1n) is 7.18. The first-order chi connectivity index (χ1) is 10.6. The third-order valence-corrected chi connectivity index (χ3v) is 4.16. The summed E-state index contributed by atoms with van der Waals surface area (Å²) in [5.74, 6) is -0.456. The van der Waals surface area contributed by atoms with Crippen molar-refractivity contribution in [3.8, 4) is 0 Å². The van der Waals surface area contributed by atoms with Crippen LogP contribution in [0.2, 0.25) is 5.02 Å². The van der Waals surface area contributed by atoms with E-state index in [2.05, 4.69) is 0 Å². The van der Waals surface area contributed by atoms with Crippen molar-refractivity contribution in [3.05, 3.63) is 35.0 Å². The second-order valence-corrected chi connectivity index (χ2v) is 5.76. The van der Waals surface area contributed by atoms with Gasteiger partial charge < -0.3 is 14.1 Å². The van der Waals surface area contributed by atoms with Crippen molar-refractivity contribution >= 4 is 34.4 Å². The number of hydrogen-bond donors (Lipinski definition) is 0. The number of rotatable bonds is 2. The van der Waals surface area contributed by atoms with Crippen molar-refractivity contribution < 1.29 is 18.7 Å². The van der Waals surface area contributed by atoms with Gasteiger partial charge in [0.25, 0.3) is 5.91 Å². The van der Waals surface area contributed by atoms with Gasteiger partial charge in [0.15, 0.2) is 5.76 Å². The van der Waals surface area contributed by atoms with Crippen molar-refractivity contribution in [1.82, 2.24) is 4.90 Å². The number of esters is 1. The topological polar surface area (TPSA) is 59.8 Å². The molecule has 0 spiro atoms. The molecule has 0 radical (unpaired) electrons. The minimum Gasteiger partial charge on any atom is -0.467 e. The first kappa shape index (κ1) is 14.9. The predicted octanol–water partition coefficient (Wildman–Crippen LogP) is 3.25. The number of ether oxygens (including phenoxy) is 1. The average molecular weight is 322 g/mol. The summed E-state index contributed by atoms with van der Waals surface area (Å²) in [5.41, 5.74) is 0.597.